The molecule has 1 aliphatic rings. The van der Waals surface area contributed by atoms with Gasteiger partial charge in [-0.15, -0.1) is 0 Å². The number of hydrogen-bond donors (Lipinski definition) is 1. The molecule has 1 heterocycles. The van der Waals surface area contributed by atoms with Gasteiger partial charge < -0.3 is 5.11 Å². The molecule has 0 aromatic heterocycles. The van der Waals surface area contributed by atoms with Crippen LogP contribution in [-0.2, 0) is 6.54 Å². The van der Waals surface area contributed by atoms with Gasteiger partial charge >= 0.3 is 0 Å². The summed E-state index contributed by atoms with van der Waals surface area (Å²) in [5, 5.41) is 9.86. The molecule has 1 unspecified atom stereocenters. The first-order chi connectivity index (χ1) is 8.60. The summed E-state index contributed by atoms with van der Waals surface area (Å²) in [6.45, 7) is 6.70. The van der Waals surface area contributed by atoms with E-state index < -0.39 is 0 Å². The number of likely N-dealkylation sites (tertiary alicyclic amines) is 1. The molecular formula is C15H21NO2. The van der Waals surface area contributed by atoms with E-state index in [1.54, 1.807) is 19.1 Å². The summed E-state index contributed by atoms with van der Waals surface area (Å²) >= 11 is 0. The van der Waals surface area contributed by atoms with Crippen molar-refractivity contribution in [2.75, 3.05) is 13.1 Å². The molecule has 1 aromatic carbocycles. The van der Waals surface area contributed by atoms with Crippen LogP contribution < -0.4 is 0 Å². The maximum absolute atomic E-state index is 11.3. The number of benzene rings is 1. The van der Waals surface area contributed by atoms with Crippen LogP contribution in [0.3, 0.4) is 0 Å². The fraction of sp³-hybridized carbons (Fsp3) is 0.533. The van der Waals surface area contributed by atoms with Gasteiger partial charge in [0.2, 0.25) is 0 Å². The summed E-state index contributed by atoms with van der Waals surface area (Å²) in [4.78, 5) is 13.7. The topological polar surface area (TPSA) is 40.5 Å². The lowest BCUT2D eigenvalue weighted by molar-refractivity contribution is 0.101. The van der Waals surface area contributed by atoms with Crippen LogP contribution in [-0.4, -0.2) is 28.9 Å². The summed E-state index contributed by atoms with van der Waals surface area (Å²) in [6, 6.07) is 5.12. The fourth-order valence-electron chi connectivity index (χ4n) is 2.56. The third kappa shape index (κ3) is 2.91. The first-order valence-corrected chi connectivity index (χ1v) is 6.65. The summed E-state index contributed by atoms with van der Waals surface area (Å²) in [7, 11) is 0. The lowest BCUT2D eigenvalue weighted by atomic mass is 10.1. The normalized spacial score (nSPS) is 20.2. The Morgan fingerprint density at radius 1 is 1.50 bits per heavy atom. The Morgan fingerprint density at radius 3 is 2.89 bits per heavy atom. The van der Waals surface area contributed by atoms with Gasteiger partial charge in [0.15, 0.2) is 5.78 Å². The molecule has 0 spiro atoms. The lowest BCUT2D eigenvalue weighted by Crippen LogP contribution is -2.20. The number of nitrogens with zero attached hydrogens (tertiary/aromatic N) is 1. The van der Waals surface area contributed by atoms with E-state index in [2.05, 4.69) is 11.8 Å². The van der Waals surface area contributed by atoms with Crippen molar-refractivity contribution in [1.82, 2.24) is 4.90 Å². The van der Waals surface area contributed by atoms with Gasteiger partial charge in [0.25, 0.3) is 0 Å². The summed E-state index contributed by atoms with van der Waals surface area (Å²) in [5.41, 5.74) is 1.54. The van der Waals surface area contributed by atoms with Crippen LogP contribution in [0.2, 0.25) is 0 Å². The Bertz CT molecular complexity index is 442. The van der Waals surface area contributed by atoms with Crippen molar-refractivity contribution in [1.29, 1.82) is 0 Å². The van der Waals surface area contributed by atoms with Gasteiger partial charge in [0.05, 0.1) is 0 Å². The van der Waals surface area contributed by atoms with Crippen molar-refractivity contribution in [3.8, 4) is 5.75 Å². The molecule has 3 heteroatoms. The minimum absolute atomic E-state index is 0.0455. The van der Waals surface area contributed by atoms with Crippen LogP contribution >= 0.6 is 0 Å². The number of hydrogen-bond acceptors (Lipinski definition) is 3. The highest BCUT2D eigenvalue weighted by atomic mass is 16.3. The Labute approximate surface area is 108 Å². The standard InChI is InChI=1S/C15H21NO2/c1-3-12-6-7-16(9-12)10-14-8-13(11(2)17)4-5-15(14)18/h4-5,8,12,18H,3,6-7,9-10H2,1-2H3. The average molecular weight is 247 g/mol. The van der Waals surface area contributed by atoms with E-state index in [4.69, 9.17) is 0 Å². The summed E-state index contributed by atoms with van der Waals surface area (Å²) < 4.78 is 0. The van der Waals surface area contributed by atoms with Gasteiger partial charge in [-0.2, -0.15) is 0 Å². The molecule has 3 nitrogen and oxygen atoms in total. The molecule has 0 amide bonds. The van der Waals surface area contributed by atoms with E-state index in [9.17, 15) is 9.90 Å². The smallest absolute Gasteiger partial charge is 0.159 e. The number of carbonyl (C=O) groups excluding carboxylic acids is 1. The average Bonchev–Trinajstić information content (AvgIpc) is 2.79. The van der Waals surface area contributed by atoms with Crippen molar-refractivity contribution in [3.63, 3.8) is 0 Å². The largest absolute Gasteiger partial charge is 0.508 e. The van der Waals surface area contributed by atoms with Crippen LogP contribution in [0.5, 0.6) is 5.75 Å². The molecule has 1 aliphatic heterocycles. The SMILES string of the molecule is CCC1CCN(Cc2cc(C(C)=O)ccc2O)C1. The van der Waals surface area contributed by atoms with Gasteiger partial charge in [0.1, 0.15) is 5.75 Å². The Balaban J connectivity index is 2.09. The van der Waals surface area contributed by atoms with Gasteiger partial charge in [0, 0.05) is 24.2 Å². The van der Waals surface area contributed by atoms with Crippen molar-refractivity contribution in [2.45, 2.75) is 33.2 Å². The second-order valence-electron chi connectivity index (χ2n) is 5.20. The van der Waals surface area contributed by atoms with E-state index in [1.807, 2.05) is 6.07 Å². The highest BCUT2D eigenvalue weighted by Crippen LogP contribution is 2.25. The first-order valence-electron chi connectivity index (χ1n) is 6.65. The molecule has 18 heavy (non-hydrogen) atoms. The van der Waals surface area contributed by atoms with E-state index >= 15 is 0 Å². The Morgan fingerprint density at radius 2 is 2.28 bits per heavy atom. The van der Waals surface area contributed by atoms with Crippen LogP contribution in [0, 0.1) is 5.92 Å². The molecule has 0 saturated carbocycles. The number of ketones is 1. The van der Waals surface area contributed by atoms with Gasteiger partial charge in [-0.05, 0) is 44.0 Å². The van der Waals surface area contributed by atoms with Crippen molar-refractivity contribution < 1.29 is 9.90 Å². The maximum atomic E-state index is 11.3. The van der Waals surface area contributed by atoms with Gasteiger partial charge in [-0.3, -0.25) is 9.69 Å². The number of Topliss-reactive ketones (excluding diaryl/α,β-unsaturated/α-hetero) is 1. The highest BCUT2D eigenvalue weighted by molar-refractivity contribution is 5.94. The zero-order valence-electron chi connectivity index (χ0n) is 11.1. The molecule has 1 aromatic rings. The molecule has 2 rings (SSSR count). The number of carbonyl (C=O) groups is 1. The second-order valence-corrected chi connectivity index (χ2v) is 5.20. The molecule has 0 radical (unpaired) electrons. The minimum Gasteiger partial charge on any atom is -0.508 e. The highest BCUT2D eigenvalue weighted by Gasteiger charge is 2.21. The van der Waals surface area contributed by atoms with Crippen molar-refractivity contribution >= 4 is 5.78 Å². The predicted molar refractivity (Wildman–Crippen MR) is 71.8 cm³/mol. The monoisotopic (exact) mass is 247 g/mol. The first kappa shape index (κ1) is 13.1. The molecule has 1 atom stereocenters. The van der Waals surface area contributed by atoms with E-state index in [1.165, 1.54) is 12.8 Å². The Hall–Kier alpha value is -1.35. The lowest BCUT2D eigenvalue weighted by Gasteiger charge is -2.17. The van der Waals surface area contributed by atoms with Crippen molar-refractivity contribution in [3.05, 3.63) is 29.3 Å². The van der Waals surface area contributed by atoms with E-state index in [0.29, 0.717) is 11.3 Å². The maximum Gasteiger partial charge on any atom is 0.159 e. The number of rotatable bonds is 4. The van der Waals surface area contributed by atoms with Gasteiger partial charge in [-0.25, -0.2) is 0 Å². The van der Waals surface area contributed by atoms with Crippen molar-refractivity contribution in [2.24, 2.45) is 5.92 Å². The Kier molecular flexibility index (Phi) is 4.02. The molecule has 1 saturated heterocycles. The van der Waals surface area contributed by atoms with Crippen LogP contribution in [0.25, 0.3) is 0 Å². The zero-order valence-corrected chi connectivity index (χ0v) is 11.1. The molecule has 98 valence electrons. The summed E-state index contributed by atoms with van der Waals surface area (Å²) in [5.74, 6) is 1.12. The minimum atomic E-state index is 0.0455. The molecule has 1 fully saturated rings. The number of aromatic hydroxyl groups is 1. The summed E-state index contributed by atoms with van der Waals surface area (Å²) in [6.07, 6.45) is 2.46. The van der Waals surface area contributed by atoms with E-state index in [-0.39, 0.29) is 5.78 Å². The molecule has 0 aliphatic carbocycles. The molecular weight excluding hydrogens is 226 g/mol. The third-order valence-electron chi connectivity index (χ3n) is 3.83. The predicted octanol–water partition coefficient (Wildman–Crippen LogP) is 2.83. The zero-order chi connectivity index (χ0) is 13.1. The quantitative estimate of drug-likeness (QED) is 0.832. The van der Waals surface area contributed by atoms with Crippen LogP contribution in [0.15, 0.2) is 18.2 Å². The van der Waals surface area contributed by atoms with E-state index in [0.717, 1.165) is 31.1 Å². The third-order valence-corrected chi connectivity index (χ3v) is 3.83. The number of phenolic OH excluding ortho intramolecular Hbond substituents is 1. The molecule has 0 bridgehead atoms. The van der Waals surface area contributed by atoms with Gasteiger partial charge in [-0.1, -0.05) is 13.3 Å². The van der Waals surface area contributed by atoms with Crippen LogP contribution in [0.4, 0.5) is 0 Å². The second kappa shape index (κ2) is 5.53. The van der Waals surface area contributed by atoms with Crippen LogP contribution in [0.1, 0.15) is 42.6 Å². The number of phenols is 1. The fourth-order valence-corrected chi connectivity index (χ4v) is 2.56. The molecule has 1 N–H and O–H groups in total.